The monoisotopic (exact) mass is 322 g/mol. The van der Waals surface area contributed by atoms with E-state index in [0.29, 0.717) is 0 Å². The third-order valence-electron chi connectivity index (χ3n) is 5.96. The molecule has 0 radical (unpaired) electrons. The lowest BCUT2D eigenvalue weighted by molar-refractivity contribution is -0.150. The largest absolute Gasteiger partial charge is 0.481 e. The lowest BCUT2D eigenvalue weighted by Gasteiger charge is -2.30. The highest BCUT2D eigenvalue weighted by atomic mass is 16.5. The number of esters is 1. The summed E-state index contributed by atoms with van der Waals surface area (Å²) in [4.78, 5) is 24.0. The number of allylic oxidation sites excluding steroid dienone is 1. The van der Waals surface area contributed by atoms with E-state index < -0.39 is 11.4 Å². The molecule has 0 spiro atoms. The summed E-state index contributed by atoms with van der Waals surface area (Å²) in [5, 5.41) is 9.82. The SMILES string of the molecule is CC(C)(C)[C@]1(C(=O)O)[C@@H](C=CC(=O)OC2CCCCC2)C1(C)C. The number of carbonyl (C=O) groups excluding carboxylic acids is 1. The van der Waals surface area contributed by atoms with Crippen LogP contribution in [0, 0.1) is 22.2 Å². The van der Waals surface area contributed by atoms with Gasteiger partial charge in [0.1, 0.15) is 6.10 Å². The second kappa shape index (κ2) is 5.95. The number of hydrogen-bond acceptors (Lipinski definition) is 3. The third-order valence-corrected chi connectivity index (χ3v) is 5.96. The first-order valence-electron chi connectivity index (χ1n) is 8.67. The molecule has 2 rings (SSSR count). The summed E-state index contributed by atoms with van der Waals surface area (Å²) < 4.78 is 5.48. The van der Waals surface area contributed by atoms with Crippen molar-refractivity contribution in [2.24, 2.45) is 22.2 Å². The molecule has 2 saturated carbocycles. The van der Waals surface area contributed by atoms with E-state index in [0.717, 1.165) is 25.7 Å². The number of aliphatic carboxylic acids is 1. The first-order chi connectivity index (χ1) is 10.5. The fourth-order valence-electron chi connectivity index (χ4n) is 4.91. The minimum absolute atomic E-state index is 0.0277. The summed E-state index contributed by atoms with van der Waals surface area (Å²) in [6.45, 7) is 9.80. The molecule has 2 aliphatic carbocycles. The number of rotatable bonds is 4. The lowest BCUT2D eigenvalue weighted by atomic mass is 9.72. The van der Waals surface area contributed by atoms with E-state index in [9.17, 15) is 14.7 Å². The average molecular weight is 322 g/mol. The molecule has 0 aliphatic heterocycles. The Morgan fingerprint density at radius 3 is 2.13 bits per heavy atom. The predicted molar refractivity (Wildman–Crippen MR) is 88.9 cm³/mol. The van der Waals surface area contributed by atoms with Crippen molar-refractivity contribution in [3.8, 4) is 0 Å². The molecule has 4 heteroatoms. The summed E-state index contributed by atoms with van der Waals surface area (Å²) in [7, 11) is 0. The van der Waals surface area contributed by atoms with Crippen LogP contribution in [-0.2, 0) is 14.3 Å². The smallest absolute Gasteiger partial charge is 0.330 e. The lowest BCUT2D eigenvalue weighted by Crippen LogP contribution is -2.35. The summed E-state index contributed by atoms with van der Waals surface area (Å²) in [5.41, 5.74) is -1.61. The van der Waals surface area contributed by atoms with Gasteiger partial charge in [-0.05, 0) is 36.5 Å². The predicted octanol–water partition coefficient (Wildman–Crippen LogP) is 4.19. The number of carbonyl (C=O) groups is 2. The molecule has 0 heterocycles. The molecule has 0 bridgehead atoms. The highest BCUT2D eigenvalue weighted by Gasteiger charge is 2.79. The summed E-state index contributed by atoms with van der Waals surface area (Å²) >= 11 is 0. The van der Waals surface area contributed by atoms with Crippen molar-refractivity contribution in [1.29, 1.82) is 0 Å². The van der Waals surface area contributed by atoms with E-state index in [-0.39, 0.29) is 28.8 Å². The quantitative estimate of drug-likeness (QED) is 0.622. The van der Waals surface area contributed by atoms with E-state index >= 15 is 0 Å². The molecule has 0 unspecified atom stereocenters. The molecule has 0 aromatic rings. The van der Waals surface area contributed by atoms with Crippen LogP contribution in [0.3, 0.4) is 0 Å². The van der Waals surface area contributed by atoms with Crippen LogP contribution in [-0.4, -0.2) is 23.1 Å². The molecular formula is C19H30O4. The van der Waals surface area contributed by atoms with Crippen LogP contribution in [0.15, 0.2) is 12.2 Å². The van der Waals surface area contributed by atoms with Gasteiger partial charge in [0, 0.05) is 12.0 Å². The van der Waals surface area contributed by atoms with Crippen molar-refractivity contribution in [2.45, 2.75) is 72.8 Å². The van der Waals surface area contributed by atoms with Gasteiger partial charge in [-0.15, -0.1) is 0 Å². The van der Waals surface area contributed by atoms with Gasteiger partial charge in [0.2, 0.25) is 0 Å². The Kier molecular flexibility index (Phi) is 4.67. The number of carboxylic acids is 1. The number of ether oxygens (including phenoxy) is 1. The maximum absolute atomic E-state index is 12.0. The molecule has 2 fully saturated rings. The van der Waals surface area contributed by atoms with Gasteiger partial charge in [-0.3, -0.25) is 4.79 Å². The van der Waals surface area contributed by atoms with Gasteiger partial charge >= 0.3 is 11.9 Å². The molecule has 0 aromatic heterocycles. The third kappa shape index (κ3) is 2.92. The first-order valence-corrected chi connectivity index (χ1v) is 8.67. The van der Waals surface area contributed by atoms with Gasteiger partial charge in [0.05, 0.1) is 5.41 Å². The Morgan fingerprint density at radius 1 is 1.13 bits per heavy atom. The standard InChI is InChI=1S/C19H30O4/c1-17(2,3)19(16(21)22)14(18(19,4)5)11-12-15(20)23-13-9-7-6-8-10-13/h11-14H,6-10H2,1-5H3,(H,21,22)/t14-,19+/m0/s1. The van der Waals surface area contributed by atoms with Crippen LogP contribution >= 0.6 is 0 Å². The van der Waals surface area contributed by atoms with Gasteiger partial charge in [0.25, 0.3) is 0 Å². The molecule has 1 N–H and O–H groups in total. The topological polar surface area (TPSA) is 63.6 Å². The molecule has 130 valence electrons. The summed E-state index contributed by atoms with van der Waals surface area (Å²) in [6.07, 6.45) is 8.55. The molecule has 4 nitrogen and oxygen atoms in total. The fraction of sp³-hybridized carbons (Fsp3) is 0.789. The highest BCUT2D eigenvalue weighted by molar-refractivity contribution is 5.85. The van der Waals surface area contributed by atoms with Crippen LogP contribution in [0.1, 0.15) is 66.7 Å². The Balaban J connectivity index is 2.07. The zero-order valence-electron chi connectivity index (χ0n) is 15.0. The van der Waals surface area contributed by atoms with E-state index in [2.05, 4.69) is 0 Å². The van der Waals surface area contributed by atoms with Gasteiger partial charge in [-0.25, -0.2) is 4.79 Å². The van der Waals surface area contributed by atoms with Crippen molar-refractivity contribution in [3.05, 3.63) is 12.2 Å². The van der Waals surface area contributed by atoms with Crippen molar-refractivity contribution < 1.29 is 19.4 Å². The van der Waals surface area contributed by atoms with Crippen LogP contribution in [0.5, 0.6) is 0 Å². The molecule has 0 amide bonds. The van der Waals surface area contributed by atoms with Gasteiger partial charge in [-0.1, -0.05) is 47.1 Å². The van der Waals surface area contributed by atoms with E-state index in [1.807, 2.05) is 34.6 Å². The van der Waals surface area contributed by atoms with Crippen molar-refractivity contribution >= 4 is 11.9 Å². The van der Waals surface area contributed by atoms with Gasteiger partial charge < -0.3 is 9.84 Å². The Labute approximate surface area is 139 Å². The maximum atomic E-state index is 12.0. The van der Waals surface area contributed by atoms with Crippen molar-refractivity contribution in [1.82, 2.24) is 0 Å². The summed E-state index contributed by atoms with van der Waals surface area (Å²) in [6, 6.07) is 0. The number of hydrogen-bond donors (Lipinski definition) is 1. The maximum Gasteiger partial charge on any atom is 0.330 e. The van der Waals surface area contributed by atoms with Gasteiger partial charge in [-0.2, -0.15) is 0 Å². The minimum atomic E-state index is -0.846. The zero-order valence-corrected chi connectivity index (χ0v) is 15.0. The van der Waals surface area contributed by atoms with Crippen LogP contribution in [0.2, 0.25) is 0 Å². The second-order valence-corrected chi connectivity index (χ2v) is 8.62. The molecule has 0 saturated heterocycles. The van der Waals surface area contributed by atoms with E-state index in [1.165, 1.54) is 12.5 Å². The molecule has 2 aliphatic rings. The minimum Gasteiger partial charge on any atom is -0.481 e. The molecular weight excluding hydrogens is 292 g/mol. The van der Waals surface area contributed by atoms with E-state index in [1.54, 1.807) is 6.08 Å². The Hall–Kier alpha value is -1.32. The van der Waals surface area contributed by atoms with Crippen LogP contribution in [0.25, 0.3) is 0 Å². The zero-order chi connectivity index (χ0) is 17.5. The second-order valence-electron chi connectivity index (χ2n) is 8.62. The number of carboxylic acid groups (broad SMARTS) is 1. The Bertz CT molecular complexity index is 506. The average Bonchev–Trinajstić information content (AvgIpc) is 2.94. The molecule has 0 aromatic carbocycles. The normalized spacial score (nSPS) is 31.1. The highest BCUT2D eigenvalue weighted by Crippen LogP contribution is 2.76. The van der Waals surface area contributed by atoms with Crippen LogP contribution < -0.4 is 0 Å². The van der Waals surface area contributed by atoms with Crippen molar-refractivity contribution in [2.75, 3.05) is 0 Å². The summed E-state index contributed by atoms with van der Waals surface area (Å²) in [5.74, 6) is -1.29. The van der Waals surface area contributed by atoms with Crippen LogP contribution in [0.4, 0.5) is 0 Å². The molecule has 2 atom stereocenters. The Morgan fingerprint density at radius 2 is 1.70 bits per heavy atom. The molecule has 23 heavy (non-hydrogen) atoms. The first kappa shape index (κ1) is 18.0. The van der Waals surface area contributed by atoms with E-state index in [4.69, 9.17) is 4.74 Å². The van der Waals surface area contributed by atoms with Gasteiger partial charge in [0.15, 0.2) is 0 Å². The van der Waals surface area contributed by atoms with Crippen molar-refractivity contribution in [3.63, 3.8) is 0 Å². The fourth-order valence-corrected chi connectivity index (χ4v) is 4.91.